The molecule has 0 spiro atoms. The maximum absolute atomic E-state index is 12.7. The Morgan fingerprint density at radius 2 is 2.05 bits per heavy atom. The van der Waals surface area contributed by atoms with Gasteiger partial charge >= 0.3 is 6.18 Å². The molecule has 2 amide bonds. The van der Waals surface area contributed by atoms with Gasteiger partial charge in [0.25, 0.3) is 5.91 Å². The molecular weight excluding hydrogens is 287 g/mol. The van der Waals surface area contributed by atoms with Crippen LogP contribution >= 0.6 is 0 Å². The number of alkyl halides is 3. The van der Waals surface area contributed by atoms with Crippen molar-refractivity contribution in [1.29, 1.82) is 0 Å². The summed E-state index contributed by atoms with van der Waals surface area (Å²) >= 11 is 0. The third-order valence-electron chi connectivity index (χ3n) is 2.98. The van der Waals surface area contributed by atoms with Gasteiger partial charge in [0.1, 0.15) is 5.71 Å². The number of nitrogens with one attached hydrogen (secondary N) is 2. The average molecular weight is 299 g/mol. The van der Waals surface area contributed by atoms with Crippen LogP contribution in [0.4, 0.5) is 18.9 Å². The molecule has 0 aromatic heterocycles. The minimum absolute atomic E-state index is 0.0643. The maximum Gasteiger partial charge on any atom is 0.416 e. The standard InChI is InChI=1S/C13H12F3N3O2/c1-7-2-3-8(13(14,15)16)6-10(7)17-12(21)9-4-5-11(20)19-18-9/h2-3,6H,4-5H2,1H3,(H,17,21)(H,19,20). The second-order valence-corrected chi connectivity index (χ2v) is 4.58. The van der Waals surface area contributed by atoms with Gasteiger partial charge in [-0.3, -0.25) is 9.59 Å². The smallest absolute Gasteiger partial charge is 0.321 e. The molecule has 0 saturated heterocycles. The van der Waals surface area contributed by atoms with Gasteiger partial charge in [0.05, 0.1) is 5.56 Å². The fraction of sp³-hybridized carbons (Fsp3) is 0.308. The fourth-order valence-electron chi connectivity index (χ4n) is 1.77. The van der Waals surface area contributed by atoms with Gasteiger partial charge in [-0.05, 0) is 24.6 Å². The van der Waals surface area contributed by atoms with Crippen molar-refractivity contribution >= 4 is 23.2 Å². The summed E-state index contributed by atoms with van der Waals surface area (Å²) in [4.78, 5) is 22.8. The number of nitrogens with zero attached hydrogens (tertiary/aromatic N) is 1. The minimum atomic E-state index is -4.48. The first kappa shape index (κ1) is 15.0. The van der Waals surface area contributed by atoms with E-state index in [9.17, 15) is 22.8 Å². The molecule has 5 nitrogen and oxygen atoms in total. The van der Waals surface area contributed by atoms with Gasteiger partial charge in [-0.25, -0.2) is 5.43 Å². The van der Waals surface area contributed by atoms with E-state index >= 15 is 0 Å². The molecular formula is C13H12F3N3O2. The van der Waals surface area contributed by atoms with E-state index < -0.39 is 17.6 Å². The number of benzene rings is 1. The van der Waals surface area contributed by atoms with Crippen LogP contribution in [0.1, 0.15) is 24.0 Å². The molecule has 0 bridgehead atoms. The predicted molar refractivity (Wildman–Crippen MR) is 69.6 cm³/mol. The topological polar surface area (TPSA) is 70.6 Å². The van der Waals surface area contributed by atoms with Crippen LogP contribution in [0.2, 0.25) is 0 Å². The molecule has 2 N–H and O–H groups in total. The van der Waals surface area contributed by atoms with E-state index in [1.165, 1.54) is 6.07 Å². The minimum Gasteiger partial charge on any atom is -0.321 e. The molecule has 21 heavy (non-hydrogen) atoms. The molecule has 2 rings (SSSR count). The molecule has 1 aromatic carbocycles. The van der Waals surface area contributed by atoms with Gasteiger partial charge in [0.15, 0.2) is 0 Å². The van der Waals surface area contributed by atoms with Gasteiger partial charge < -0.3 is 5.32 Å². The maximum atomic E-state index is 12.7. The molecule has 1 aromatic rings. The highest BCUT2D eigenvalue weighted by molar-refractivity contribution is 6.43. The summed E-state index contributed by atoms with van der Waals surface area (Å²) in [5.74, 6) is -0.931. The first-order valence-corrected chi connectivity index (χ1v) is 6.12. The monoisotopic (exact) mass is 299 g/mol. The second-order valence-electron chi connectivity index (χ2n) is 4.58. The van der Waals surface area contributed by atoms with Gasteiger partial charge in [0, 0.05) is 18.5 Å². The molecule has 0 radical (unpaired) electrons. The first-order valence-electron chi connectivity index (χ1n) is 6.12. The molecule has 1 aliphatic heterocycles. The zero-order chi connectivity index (χ0) is 15.6. The fourth-order valence-corrected chi connectivity index (χ4v) is 1.77. The van der Waals surface area contributed by atoms with Crippen molar-refractivity contribution in [1.82, 2.24) is 5.43 Å². The number of hydrogen-bond donors (Lipinski definition) is 2. The van der Waals surface area contributed by atoms with Crippen LogP contribution < -0.4 is 10.7 Å². The van der Waals surface area contributed by atoms with E-state index in [1.54, 1.807) is 6.92 Å². The van der Waals surface area contributed by atoms with Crippen LogP contribution in [0, 0.1) is 6.92 Å². The van der Waals surface area contributed by atoms with Gasteiger partial charge in [-0.15, -0.1) is 0 Å². The largest absolute Gasteiger partial charge is 0.416 e. The Hall–Kier alpha value is -2.38. The van der Waals surface area contributed by atoms with Crippen LogP contribution in [0.15, 0.2) is 23.3 Å². The van der Waals surface area contributed by atoms with Crippen molar-refractivity contribution in [3.63, 3.8) is 0 Å². The lowest BCUT2D eigenvalue weighted by Crippen LogP contribution is -2.33. The number of hydrazone groups is 1. The Bertz CT molecular complexity index is 624. The van der Waals surface area contributed by atoms with Crippen molar-refractivity contribution in [2.75, 3.05) is 5.32 Å². The summed E-state index contributed by atoms with van der Waals surface area (Å²) in [5.41, 5.74) is 1.95. The number of halogens is 3. The normalized spacial score (nSPS) is 15.2. The number of rotatable bonds is 2. The zero-order valence-corrected chi connectivity index (χ0v) is 11.0. The SMILES string of the molecule is Cc1ccc(C(F)(F)F)cc1NC(=O)C1=NNC(=O)CC1. The van der Waals surface area contributed by atoms with Crippen LogP contribution in [-0.2, 0) is 15.8 Å². The zero-order valence-electron chi connectivity index (χ0n) is 11.0. The number of carbonyl (C=O) groups is 2. The average Bonchev–Trinajstić information content (AvgIpc) is 2.40. The molecule has 0 saturated carbocycles. The molecule has 0 atom stereocenters. The molecule has 0 aliphatic carbocycles. The van der Waals surface area contributed by atoms with E-state index in [4.69, 9.17) is 0 Å². The Balaban J connectivity index is 2.19. The lowest BCUT2D eigenvalue weighted by Gasteiger charge is -2.15. The Morgan fingerprint density at radius 3 is 2.62 bits per heavy atom. The Morgan fingerprint density at radius 1 is 1.33 bits per heavy atom. The lowest BCUT2D eigenvalue weighted by molar-refractivity contribution is -0.137. The van der Waals surface area contributed by atoms with Crippen molar-refractivity contribution in [3.8, 4) is 0 Å². The van der Waals surface area contributed by atoms with Gasteiger partial charge in [0.2, 0.25) is 5.91 Å². The van der Waals surface area contributed by atoms with E-state index in [0.29, 0.717) is 5.56 Å². The molecule has 112 valence electrons. The second kappa shape index (κ2) is 5.55. The van der Waals surface area contributed by atoms with E-state index in [0.717, 1.165) is 12.1 Å². The van der Waals surface area contributed by atoms with Crippen LogP contribution in [0.5, 0.6) is 0 Å². The highest BCUT2D eigenvalue weighted by Crippen LogP contribution is 2.32. The first-order chi connectivity index (χ1) is 9.77. The van der Waals surface area contributed by atoms with Gasteiger partial charge in [-0.1, -0.05) is 6.07 Å². The van der Waals surface area contributed by atoms with Crippen molar-refractivity contribution in [3.05, 3.63) is 29.3 Å². The number of anilines is 1. The van der Waals surface area contributed by atoms with Crippen LogP contribution in [0.25, 0.3) is 0 Å². The van der Waals surface area contributed by atoms with E-state index in [-0.39, 0.29) is 30.1 Å². The van der Waals surface area contributed by atoms with Crippen molar-refractivity contribution in [2.24, 2.45) is 5.10 Å². The molecule has 1 heterocycles. The van der Waals surface area contributed by atoms with E-state index in [2.05, 4.69) is 15.8 Å². The quantitative estimate of drug-likeness (QED) is 0.879. The Kier molecular flexibility index (Phi) is 3.97. The lowest BCUT2D eigenvalue weighted by atomic mass is 10.1. The highest BCUT2D eigenvalue weighted by Gasteiger charge is 2.31. The molecule has 0 fully saturated rings. The van der Waals surface area contributed by atoms with Crippen LogP contribution in [-0.4, -0.2) is 17.5 Å². The summed E-state index contributed by atoms with van der Waals surface area (Å²) < 4.78 is 38.0. The molecule has 8 heteroatoms. The molecule has 1 aliphatic rings. The van der Waals surface area contributed by atoms with Crippen molar-refractivity contribution < 1.29 is 22.8 Å². The highest BCUT2D eigenvalue weighted by atomic mass is 19.4. The van der Waals surface area contributed by atoms with E-state index in [1.807, 2.05) is 0 Å². The predicted octanol–water partition coefficient (Wildman–Crippen LogP) is 2.22. The Labute approximate surface area is 118 Å². The number of aryl methyl sites for hydroxylation is 1. The summed E-state index contributed by atoms with van der Waals surface area (Å²) in [5, 5.41) is 5.98. The number of carbonyl (C=O) groups excluding carboxylic acids is 2. The summed E-state index contributed by atoms with van der Waals surface area (Å²) in [7, 11) is 0. The van der Waals surface area contributed by atoms with Crippen LogP contribution in [0.3, 0.4) is 0 Å². The third kappa shape index (κ3) is 3.59. The van der Waals surface area contributed by atoms with Crippen molar-refractivity contribution in [2.45, 2.75) is 25.9 Å². The summed E-state index contributed by atoms with van der Waals surface area (Å²) in [6, 6.07) is 3.10. The van der Waals surface area contributed by atoms with Gasteiger partial charge in [-0.2, -0.15) is 18.3 Å². The summed E-state index contributed by atoms with van der Waals surface area (Å²) in [6.07, 6.45) is -4.22. The summed E-state index contributed by atoms with van der Waals surface area (Å²) in [6.45, 7) is 1.58. The third-order valence-corrected chi connectivity index (χ3v) is 2.98. The number of hydrogen-bond acceptors (Lipinski definition) is 3. The molecule has 0 unspecified atom stereocenters. The number of amides is 2.